The Bertz CT molecular complexity index is 723. The number of hydrogen-bond acceptors (Lipinski definition) is 4. The van der Waals surface area contributed by atoms with Crippen molar-refractivity contribution in [3.63, 3.8) is 0 Å². The van der Waals surface area contributed by atoms with Crippen LogP contribution in [0.4, 0.5) is 4.39 Å². The van der Waals surface area contributed by atoms with Crippen molar-refractivity contribution in [2.24, 2.45) is 0 Å². The molecule has 7 heteroatoms. The Morgan fingerprint density at radius 3 is 2.96 bits per heavy atom. The van der Waals surface area contributed by atoms with Crippen molar-refractivity contribution < 1.29 is 13.7 Å². The van der Waals surface area contributed by atoms with Gasteiger partial charge >= 0.3 is 0 Å². The van der Waals surface area contributed by atoms with Crippen molar-refractivity contribution in [3.8, 4) is 0 Å². The van der Waals surface area contributed by atoms with Crippen molar-refractivity contribution in [2.75, 3.05) is 13.1 Å². The zero-order chi connectivity index (χ0) is 17.3. The Balaban J connectivity index is 1.61. The highest BCUT2D eigenvalue weighted by Gasteiger charge is 2.27. The number of nitrogens with one attached hydrogen (secondary N) is 1. The predicted molar refractivity (Wildman–Crippen MR) is 88.5 cm³/mol. The second kappa shape index (κ2) is 6.91. The molecule has 1 aromatic heterocycles. The van der Waals surface area contributed by atoms with Gasteiger partial charge < -0.3 is 9.84 Å². The van der Waals surface area contributed by atoms with Gasteiger partial charge in [-0.2, -0.15) is 0 Å². The van der Waals surface area contributed by atoms with Gasteiger partial charge in [-0.05, 0) is 32.4 Å². The van der Waals surface area contributed by atoms with Crippen LogP contribution in [0.5, 0.6) is 0 Å². The molecule has 0 bridgehead atoms. The first-order chi connectivity index (χ1) is 11.5. The van der Waals surface area contributed by atoms with Crippen LogP contribution < -0.4 is 5.32 Å². The zero-order valence-corrected chi connectivity index (χ0v) is 14.4. The molecule has 1 aliphatic heterocycles. The van der Waals surface area contributed by atoms with Gasteiger partial charge in [0.25, 0.3) is 5.91 Å². The SMILES string of the molecule is Cc1noc(C)c1CN1CCC(NC(=O)c2c(F)cccc2Cl)C1. The summed E-state index contributed by atoms with van der Waals surface area (Å²) in [4.78, 5) is 14.5. The molecule has 1 unspecified atom stereocenters. The Morgan fingerprint density at radius 2 is 2.29 bits per heavy atom. The topological polar surface area (TPSA) is 58.4 Å². The second-order valence-corrected chi connectivity index (χ2v) is 6.50. The van der Waals surface area contributed by atoms with Gasteiger partial charge in [-0.15, -0.1) is 0 Å². The summed E-state index contributed by atoms with van der Waals surface area (Å²) >= 11 is 5.94. The molecule has 3 rings (SSSR count). The molecule has 24 heavy (non-hydrogen) atoms. The summed E-state index contributed by atoms with van der Waals surface area (Å²) in [5.74, 6) is -0.258. The Kier molecular flexibility index (Phi) is 4.87. The van der Waals surface area contributed by atoms with Crippen LogP contribution >= 0.6 is 11.6 Å². The molecule has 1 aromatic carbocycles. The van der Waals surface area contributed by atoms with Crippen molar-refractivity contribution in [2.45, 2.75) is 32.9 Å². The predicted octanol–water partition coefficient (Wildman–Crippen LogP) is 3.09. The fourth-order valence-corrected chi connectivity index (χ4v) is 3.27. The van der Waals surface area contributed by atoms with E-state index in [-0.39, 0.29) is 16.6 Å². The van der Waals surface area contributed by atoms with E-state index in [0.29, 0.717) is 6.54 Å². The number of rotatable bonds is 4. The first-order valence-corrected chi connectivity index (χ1v) is 8.22. The minimum absolute atomic E-state index is 0.0337. The third kappa shape index (κ3) is 3.44. The maximum Gasteiger partial charge on any atom is 0.256 e. The van der Waals surface area contributed by atoms with Crippen LogP contribution in [0.1, 0.15) is 33.8 Å². The van der Waals surface area contributed by atoms with Crippen molar-refractivity contribution in [3.05, 3.63) is 51.6 Å². The molecule has 1 N–H and O–H groups in total. The van der Waals surface area contributed by atoms with Gasteiger partial charge in [-0.25, -0.2) is 4.39 Å². The van der Waals surface area contributed by atoms with E-state index >= 15 is 0 Å². The third-order valence-corrected chi connectivity index (χ3v) is 4.68. The van der Waals surface area contributed by atoms with Crippen LogP contribution in [-0.2, 0) is 6.54 Å². The fraction of sp³-hybridized carbons (Fsp3) is 0.412. The van der Waals surface area contributed by atoms with Crippen LogP contribution in [-0.4, -0.2) is 35.1 Å². The average molecular weight is 352 g/mol. The molecule has 1 atom stereocenters. The van der Waals surface area contributed by atoms with Gasteiger partial charge in [0.2, 0.25) is 0 Å². The highest BCUT2D eigenvalue weighted by Crippen LogP contribution is 2.21. The normalized spacial score (nSPS) is 18.1. The van der Waals surface area contributed by atoms with Crippen LogP contribution in [0, 0.1) is 19.7 Å². The van der Waals surface area contributed by atoms with E-state index in [1.54, 1.807) is 0 Å². The summed E-state index contributed by atoms with van der Waals surface area (Å²) < 4.78 is 19.0. The van der Waals surface area contributed by atoms with Gasteiger partial charge in [0.05, 0.1) is 16.3 Å². The molecule has 0 spiro atoms. The zero-order valence-electron chi connectivity index (χ0n) is 13.6. The Morgan fingerprint density at radius 1 is 1.50 bits per heavy atom. The van der Waals surface area contributed by atoms with E-state index in [0.717, 1.165) is 36.5 Å². The molecule has 0 saturated carbocycles. The highest BCUT2D eigenvalue weighted by molar-refractivity contribution is 6.33. The first kappa shape index (κ1) is 16.9. The number of carbonyl (C=O) groups is 1. The summed E-state index contributed by atoms with van der Waals surface area (Å²) in [5, 5.41) is 6.95. The van der Waals surface area contributed by atoms with E-state index < -0.39 is 11.7 Å². The molecule has 1 saturated heterocycles. The molecular formula is C17H19ClFN3O2. The number of amides is 1. The number of aromatic nitrogens is 1. The molecule has 1 aliphatic rings. The summed E-state index contributed by atoms with van der Waals surface area (Å²) in [7, 11) is 0. The van der Waals surface area contributed by atoms with Gasteiger partial charge in [0.15, 0.2) is 0 Å². The highest BCUT2D eigenvalue weighted by atomic mass is 35.5. The molecule has 128 valence electrons. The average Bonchev–Trinajstić information content (AvgIpc) is 3.09. The standard InChI is InChI=1S/C17H19ClFN3O2/c1-10-13(11(2)24-21-10)9-22-7-6-12(8-22)20-17(23)16-14(18)4-3-5-15(16)19/h3-5,12H,6-9H2,1-2H3,(H,20,23). The van der Waals surface area contributed by atoms with E-state index in [1.807, 2.05) is 13.8 Å². The van der Waals surface area contributed by atoms with Gasteiger partial charge in [-0.3, -0.25) is 9.69 Å². The molecule has 5 nitrogen and oxygen atoms in total. The number of nitrogens with zero attached hydrogens (tertiary/aromatic N) is 2. The van der Waals surface area contributed by atoms with Crippen LogP contribution in [0.2, 0.25) is 5.02 Å². The largest absolute Gasteiger partial charge is 0.361 e. The van der Waals surface area contributed by atoms with E-state index in [1.165, 1.54) is 18.2 Å². The molecule has 1 fully saturated rings. The van der Waals surface area contributed by atoms with Gasteiger partial charge in [0.1, 0.15) is 11.6 Å². The van der Waals surface area contributed by atoms with Crippen molar-refractivity contribution in [1.82, 2.24) is 15.4 Å². The molecule has 0 aliphatic carbocycles. The summed E-state index contributed by atoms with van der Waals surface area (Å²) in [6.07, 6.45) is 0.807. The number of likely N-dealkylation sites (tertiary alicyclic amines) is 1. The molecule has 2 heterocycles. The quantitative estimate of drug-likeness (QED) is 0.919. The lowest BCUT2D eigenvalue weighted by molar-refractivity contribution is 0.0933. The van der Waals surface area contributed by atoms with E-state index in [2.05, 4.69) is 15.4 Å². The van der Waals surface area contributed by atoms with Gasteiger partial charge in [0, 0.05) is 31.2 Å². The number of aryl methyl sites for hydroxylation is 2. The summed E-state index contributed by atoms with van der Waals surface area (Å²) in [5.41, 5.74) is 1.88. The molecule has 2 aromatic rings. The van der Waals surface area contributed by atoms with E-state index in [4.69, 9.17) is 16.1 Å². The lowest BCUT2D eigenvalue weighted by Crippen LogP contribution is -2.37. The van der Waals surface area contributed by atoms with E-state index in [9.17, 15) is 9.18 Å². The van der Waals surface area contributed by atoms with Crippen molar-refractivity contribution >= 4 is 17.5 Å². The summed E-state index contributed by atoms with van der Waals surface area (Å²) in [6, 6.07) is 4.20. The molecular weight excluding hydrogens is 333 g/mol. The van der Waals surface area contributed by atoms with Crippen LogP contribution in [0.15, 0.2) is 22.7 Å². The number of hydrogen-bond donors (Lipinski definition) is 1. The summed E-state index contributed by atoms with van der Waals surface area (Å²) in [6.45, 7) is 6.09. The number of carbonyl (C=O) groups excluding carboxylic acids is 1. The maximum absolute atomic E-state index is 13.8. The Hall–Kier alpha value is -1.92. The lowest BCUT2D eigenvalue weighted by Gasteiger charge is -2.17. The third-order valence-electron chi connectivity index (χ3n) is 4.36. The minimum Gasteiger partial charge on any atom is -0.361 e. The van der Waals surface area contributed by atoms with Crippen LogP contribution in [0.25, 0.3) is 0 Å². The van der Waals surface area contributed by atoms with Crippen LogP contribution in [0.3, 0.4) is 0 Å². The molecule has 1 amide bonds. The van der Waals surface area contributed by atoms with Gasteiger partial charge in [-0.1, -0.05) is 22.8 Å². The number of benzene rings is 1. The maximum atomic E-state index is 13.8. The Labute approximate surface area is 144 Å². The molecule has 0 radical (unpaired) electrons. The van der Waals surface area contributed by atoms with Crippen molar-refractivity contribution in [1.29, 1.82) is 0 Å². The lowest BCUT2D eigenvalue weighted by atomic mass is 10.1. The minimum atomic E-state index is -0.606. The smallest absolute Gasteiger partial charge is 0.256 e. The fourth-order valence-electron chi connectivity index (χ4n) is 3.02. The first-order valence-electron chi connectivity index (χ1n) is 7.84. The monoisotopic (exact) mass is 351 g/mol. The number of halogens is 2. The second-order valence-electron chi connectivity index (χ2n) is 6.09.